The Bertz CT molecular complexity index is 1880. The average molecular weight is 638 g/mol. The normalized spacial score (nSPS) is 21.9. The predicted molar refractivity (Wildman–Crippen MR) is 184 cm³/mol. The van der Waals surface area contributed by atoms with E-state index in [2.05, 4.69) is 93.5 Å². The van der Waals surface area contributed by atoms with Crippen molar-refractivity contribution in [2.75, 3.05) is 13.7 Å². The monoisotopic (exact) mass is 637 g/mol. The molecule has 3 aromatic carbocycles. The molecule has 3 aliphatic rings. The van der Waals surface area contributed by atoms with Crippen LogP contribution in [0.4, 0.5) is 4.79 Å². The summed E-state index contributed by atoms with van der Waals surface area (Å²) in [6.07, 6.45) is 0.236. The third-order valence-corrected chi connectivity index (χ3v) is 10.6. The van der Waals surface area contributed by atoms with Gasteiger partial charge >= 0.3 is 13.2 Å². The largest absolute Gasteiger partial charge is 0.494 e. The summed E-state index contributed by atoms with van der Waals surface area (Å²) in [6.45, 7) is 15.4. The van der Waals surface area contributed by atoms with Gasteiger partial charge in [-0.25, -0.2) is 4.79 Å². The first kappa shape index (κ1) is 31.6. The molecule has 9 nitrogen and oxygen atoms in total. The van der Waals surface area contributed by atoms with Crippen LogP contribution in [0, 0.1) is 11.8 Å². The van der Waals surface area contributed by atoms with Crippen molar-refractivity contribution < 1.29 is 28.4 Å². The molecule has 2 saturated heterocycles. The summed E-state index contributed by atoms with van der Waals surface area (Å²) >= 11 is 0. The number of hydrogen-bond acceptors (Lipinski definition) is 6. The number of aromatic nitrogens is 1. The van der Waals surface area contributed by atoms with E-state index in [1.54, 1.807) is 0 Å². The minimum atomic E-state index is -0.667. The van der Waals surface area contributed by atoms with Crippen molar-refractivity contribution in [1.82, 2.24) is 15.2 Å². The number of carbonyl (C=O) groups excluding carboxylic acids is 2. The van der Waals surface area contributed by atoms with Crippen molar-refractivity contribution >= 4 is 46.3 Å². The molecule has 2 fully saturated rings. The molecule has 2 N–H and O–H groups in total. The molecular weight excluding hydrogens is 593 g/mol. The van der Waals surface area contributed by atoms with Crippen molar-refractivity contribution in [3.8, 4) is 16.9 Å². The van der Waals surface area contributed by atoms with Crippen LogP contribution in [0.3, 0.4) is 0 Å². The summed E-state index contributed by atoms with van der Waals surface area (Å²) in [5.74, 6) is 0.989. The summed E-state index contributed by atoms with van der Waals surface area (Å²) in [4.78, 5) is 31.5. The number of carbonyl (C=O) groups is 2. The number of ether oxygens (including phenoxy) is 2. The van der Waals surface area contributed by atoms with Gasteiger partial charge in [0.2, 0.25) is 5.91 Å². The van der Waals surface area contributed by atoms with E-state index in [0.717, 1.165) is 61.7 Å². The molecule has 4 aromatic rings. The van der Waals surface area contributed by atoms with Crippen molar-refractivity contribution in [3.05, 3.63) is 59.8 Å². The fourth-order valence-corrected chi connectivity index (χ4v) is 7.23. The van der Waals surface area contributed by atoms with Crippen LogP contribution < -0.4 is 15.5 Å². The second-order valence-corrected chi connectivity index (χ2v) is 14.8. The standard InChI is InChI=1S/C37H44BN3O6/c1-20(2)32(40-35(43)44-8)34(42)41-18-21(3)13-30(41)29-16-23-10-9-22-15-28-26-12-11-25(38-46-36(4,5)37(6,7)47-38)14-24(26)19-45-31(28)17-27(22)33(23)39-29/h9-12,14-17,20-21,30,32,39H,13,18-19H2,1-8H3,(H,40,43)/t21-,30-,32-/m0/s1. The number of nitrogens with zero attached hydrogens (tertiary/aromatic N) is 1. The van der Waals surface area contributed by atoms with Gasteiger partial charge in [-0.05, 0) is 86.1 Å². The zero-order valence-electron chi connectivity index (χ0n) is 28.5. The van der Waals surface area contributed by atoms with E-state index in [1.165, 1.54) is 7.11 Å². The van der Waals surface area contributed by atoms with Crippen LogP contribution >= 0.6 is 0 Å². The molecule has 1 aromatic heterocycles. The lowest BCUT2D eigenvalue weighted by Crippen LogP contribution is -2.51. The van der Waals surface area contributed by atoms with E-state index in [0.29, 0.717) is 19.1 Å². The van der Waals surface area contributed by atoms with Crippen LogP contribution in [0.5, 0.6) is 5.75 Å². The van der Waals surface area contributed by atoms with Gasteiger partial charge in [0.05, 0.1) is 29.9 Å². The Morgan fingerprint density at radius 3 is 2.43 bits per heavy atom. The number of hydrogen-bond donors (Lipinski definition) is 2. The molecule has 3 atom stereocenters. The molecular formula is C37H44BN3O6. The van der Waals surface area contributed by atoms with Crippen molar-refractivity contribution in [3.63, 3.8) is 0 Å². The number of likely N-dealkylation sites (tertiary alicyclic amines) is 1. The number of alkyl carbamates (subject to hydrolysis) is 1. The van der Waals surface area contributed by atoms with Crippen LogP contribution in [0.15, 0.2) is 48.5 Å². The highest BCUT2D eigenvalue weighted by molar-refractivity contribution is 6.62. The molecule has 47 heavy (non-hydrogen) atoms. The number of amides is 2. The van der Waals surface area contributed by atoms with E-state index < -0.39 is 30.5 Å². The number of fused-ring (bicyclic) bond motifs is 6. The number of benzene rings is 3. The Kier molecular flexibility index (Phi) is 7.60. The van der Waals surface area contributed by atoms with Crippen LogP contribution in [-0.2, 0) is 25.4 Å². The first-order valence-corrected chi connectivity index (χ1v) is 16.6. The first-order chi connectivity index (χ1) is 22.3. The highest BCUT2D eigenvalue weighted by atomic mass is 16.7. The molecule has 246 valence electrons. The Morgan fingerprint density at radius 2 is 1.72 bits per heavy atom. The van der Waals surface area contributed by atoms with Gasteiger partial charge in [-0.2, -0.15) is 0 Å². The molecule has 0 unspecified atom stereocenters. The van der Waals surface area contributed by atoms with Gasteiger partial charge in [0.1, 0.15) is 18.4 Å². The number of methoxy groups -OCH3 is 1. The zero-order chi connectivity index (χ0) is 33.4. The van der Waals surface area contributed by atoms with Gasteiger partial charge in [-0.1, -0.05) is 51.1 Å². The summed E-state index contributed by atoms with van der Waals surface area (Å²) < 4.78 is 23.8. The quantitative estimate of drug-likeness (QED) is 0.243. The van der Waals surface area contributed by atoms with Gasteiger partial charge in [0.15, 0.2) is 0 Å². The predicted octanol–water partition coefficient (Wildman–Crippen LogP) is 6.47. The Hall–Kier alpha value is -4.02. The molecule has 7 rings (SSSR count). The lowest BCUT2D eigenvalue weighted by molar-refractivity contribution is -0.135. The lowest BCUT2D eigenvalue weighted by atomic mass is 9.77. The van der Waals surface area contributed by atoms with Crippen LogP contribution in [0.2, 0.25) is 0 Å². The minimum Gasteiger partial charge on any atom is -0.488 e. The van der Waals surface area contributed by atoms with Crippen LogP contribution in [0.1, 0.15) is 72.2 Å². The molecule has 0 saturated carbocycles. The number of nitrogens with one attached hydrogen (secondary N) is 2. The molecule has 3 aliphatic heterocycles. The summed E-state index contributed by atoms with van der Waals surface area (Å²) in [5.41, 5.74) is 5.51. The highest BCUT2D eigenvalue weighted by Gasteiger charge is 2.52. The van der Waals surface area contributed by atoms with E-state index in [1.807, 2.05) is 18.7 Å². The molecule has 0 radical (unpaired) electrons. The van der Waals surface area contributed by atoms with Gasteiger partial charge in [-0.15, -0.1) is 0 Å². The van der Waals surface area contributed by atoms with E-state index >= 15 is 0 Å². The fraction of sp³-hybridized carbons (Fsp3) is 0.459. The minimum absolute atomic E-state index is 0.0867. The summed E-state index contributed by atoms with van der Waals surface area (Å²) in [7, 11) is 0.889. The highest BCUT2D eigenvalue weighted by Crippen LogP contribution is 2.43. The smallest absolute Gasteiger partial charge is 0.488 e. The molecule has 2 amide bonds. The summed E-state index contributed by atoms with van der Waals surface area (Å²) in [5, 5.41) is 6.00. The number of aromatic amines is 1. The SMILES string of the molecule is COC(=O)N[C@H](C(=O)N1C[C@@H](C)C[C@H]1c1cc2ccc3cc4c(cc3c2[nH]1)OCc1cc(B2OC(C)(C)C(C)(C)O2)ccc1-4)C(C)C. The van der Waals surface area contributed by atoms with Gasteiger partial charge in [0.25, 0.3) is 0 Å². The molecule has 0 bridgehead atoms. The Labute approximate surface area is 276 Å². The second kappa shape index (κ2) is 11.3. The average Bonchev–Trinajstić information content (AvgIpc) is 3.70. The van der Waals surface area contributed by atoms with E-state index in [4.69, 9.17) is 18.8 Å². The molecule has 4 heterocycles. The maximum Gasteiger partial charge on any atom is 0.494 e. The number of rotatable bonds is 5. The Morgan fingerprint density at radius 1 is 1.00 bits per heavy atom. The van der Waals surface area contributed by atoms with Gasteiger partial charge < -0.3 is 34.0 Å². The molecule has 10 heteroatoms. The maximum absolute atomic E-state index is 13.8. The van der Waals surface area contributed by atoms with Crippen LogP contribution in [0.25, 0.3) is 32.8 Å². The van der Waals surface area contributed by atoms with Crippen molar-refractivity contribution in [2.45, 2.75) is 84.8 Å². The van der Waals surface area contributed by atoms with Crippen LogP contribution in [-0.4, -0.2) is 59.9 Å². The zero-order valence-corrected chi connectivity index (χ0v) is 28.5. The third kappa shape index (κ3) is 5.35. The first-order valence-electron chi connectivity index (χ1n) is 16.6. The fourth-order valence-electron chi connectivity index (χ4n) is 7.23. The van der Waals surface area contributed by atoms with Gasteiger partial charge in [0, 0.05) is 28.6 Å². The molecule has 0 aliphatic carbocycles. The summed E-state index contributed by atoms with van der Waals surface area (Å²) in [6, 6.07) is 16.4. The maximum atomic E-state index is 13.8. The van der Waals surface area contributed by atoms with Crippen molar-refractivity contribution in [1.29, 1.82) is 0 Å². The molecule has 0 spiro atoms. The third-order valence-electron chi connectivity index (χ3n) is 10.6. The number of H-pyrrole nitrogens is 1. The Balaban J connectivity index is 1.20. The van der Waals surface area contributed by atoms with E-state index in [9.17, 15) is 9.59 Å². The second-order valence-electron chi connectivity index (χ2n) is 14.8. The topological polar surface area (TPSA) is 102 Å². The van der Waals surface area contributed by atoms with E-state index in [-0.39, 0.29) is 17.9 Å². The van der Waals surface area contributed by atoms with Crippen molar-refractivity contribution in [2.24, 2.45) is 11.8 Å². The lowest BCUT2D eigenvalue weighted by Gasteiger charge is -2.32. The van der Waals surface area contributed by atoms with Gasteiger partial charge in [-0.3, -0.25) is 4.79 Å².